The van der Waals surface area contributed by atoms with Gasteiger partial charge in [-0.1, -0.05) is 42.5 Å². The lowest BCUT2D eigenvalue weighted by Crippen LogP contribution is -2.43. The van der Waals surface area contributed by atoms with Crippen molar-refractivity contribution in [3.8, 4) is 5.75 Å². The minimum absolute atomic E-state index is 0.0692. The van der Waals surface area contributed by atoms with E-state index in [4.69, 9.17) is 4.74 Å². The number of carbonyl (C=O) groups is 2. The first-order chi connectivity index (χ1) is 22.1. The van der Waals surface area contributed by atoms with Crippen LogP contribution in [0.1, 0.15) is 43.0 Å². The molecular weight excluding hydrogens is 645 g/mol. The van der Waals surface area contributed by atoms with Gasteiger partial charge >= 0.3 is 24.7 Å². The standard InChI is InChI=1S/C33H24F9NO4/c1-46-29(45)20-7-10-22(11-8-20)31(17-19-5-3-2-4-6-19,23-14-24(34)16-25(15-23)47-33(41,42)30(36)37)18-43-28(44)21-9-12-27(35)26(13-21)32(38,39)40/h2-16,30H,17-18H2,1H3,(H,43,44)/t31-/m1/s1. The number of esters is 1. The number of carbonyl (C=O) groups excluding carboxylic acids is 2. The molecule has 0 heterocycles. The summed E-state index contributed by atoms with van der Waals surface area (Å²) in [6.07, 6.45) is -14.6. The molecule has 1 N–H and O–H groups in total. The Balaban J connectivity index is 1.90. The number of nitrogens with one attached hydrogen (secondary N) is 1. The van der Waals surface area contributed by atoms with Gasteiger partial charge in [0.1, 0.15) is 17.4 Å². The van der Waals surface area contributed by atoms with Gasteiger partial charge in [0.2, 0.25) is 0 Å². The Labute approximate surface area is 261 Å². The van der Waals surface area contributed by atoms with Crippen molar-refractivity contribution >= 4 is 11.9 Å². The number of rotatable bonds is 11. The molecule has 0 bridgehead atoms. The lowest BCUT2D eigenvalue weighted by molar-refractivity contribution is -0.253. The van der Waals surface area contributed by atoms with Gasteiger partial charge in [-0.25, -0.2) is 13.6 Å². The van der Waals surface area contributed by atoms with Crippen molar-refractivity contribution in [2.45, 2.75) is 30.5 Å². The van der Waals surface area contributed by atoms with Gasteiger partial charge in [0, 0.05) is 23.6 Å². The maximum absolute atomic E-state index is 15.1. The number of methoxy groups -OCH3 is 1. The second kappa shape index (κ2) is 13.8. The summed E-state index contributed by atoms with van der Waals surface area (Å²) in [5.74, 6) is -5.65. The number of amides is 1. The highest BCUT2D eigenvalue weighted by molar-refractivity contribution is 5.94. The Hall–Kier alpha value is -5.01. The lowest BCUT2D eigenvalue weighted by atomic mass is 9.70. The van der Waals surface area contributed by atoms with E-state index in [2.05, 4.69) is 10.1 Å². The van der Waals surface area contributed by atoms with E-state index in [0.717, 1.165) is 25.3 Å². The zero-order valence-electron chi connectivity index (χ0n) is 24.2. The van der Waals surface area contributed by atoms with Gasteiger partial charge in [0.05, 0.1) is 18.2 Å². The fourth-order valence-electron chi connectivity index (χ4n) is 4.94. The second-order valence-corrected chi connectivity index (χ2v) is 10.3. The molecule has 4 aromatic carbocycles. The summed E-state index contributed by atoms with van der Waals surface area (Å²) in [5, 5.41) is 2.46. The number of benzene rings is 4. The third-order valence-electron chi connectivity index (χ3n) is 7.22. The predicted molar refractivity (Wildman–Crippen MR) is 150 cm³/mol. The first-order valence-electron chi connectivity index (χ1n) is 13.6. The van der Waals surface area contributed by atoms with Gasteiger partial charge in [-0.2, -0.15) is 30.7 Å². The van der Waals surface area contributed by atoms with Gasteiger partial charge in [-0.05, 0) is 65.6 Å². The maximum Gasteiger partial charge on any atom is 0.461 e. The highest BCUT2D eigenvalue weighted by atomic mass is 19.4. The molecule has 1 atom stereocenters. The van der Waals surface area contributed by atoms with E-state index in [1.54, 1.807) is 30.3 Å². The first kappa shape index (κ1) is 34.9. The Morgan fingerprint density at radius 1 is 0.787 bits per heavy atom. The molecule has 0 aliphatic carbocycles. The Morgan fingerprint density at radius 3 is 2.02 bits per heavy atom. The van der Waals surface area contributed by atoms with Gasteiger partial charge < -0.3 is 14.8 Å². The van der Waals surface area contributed by atoms with Crippen molar-refractivity contribution in [1.82, 2.24) is 5.32 Å². The third kappa shape index (κ3) is 8.05. The molecule has 0 spiro atoms. The molecule has 0 unspecified atom stereocenters. The van der Waals surface area contributed by atoms with E-state index in [0.29, 0.717) is 23.8 Å². The molecular formula is C33H24F9NO4. The highest BCUT2D eigenvalue weighted by Crippen LogP contribution is 2.40. The fourth-order valence-corrected chi connectivity index (χ4v) is 4.94. The molecule has 47 heavy (non-hydrogen) atoms. The minimum atomic E-state index is -5.13. The van der Waals surface area contributed by atoms with Crippen LogP contribution < -0.4 is 10.1 Å². The average molecular weight is 670 g/mol. The summed E-state index contributed by atoms with van der Waals surface area (Å²) >= 11 is 0. The maximum atomic E-state index is 15.1. The summed E-state index contributed by atoms with van der Waals surface area (Å²) in [7, 11) is 1.13. The molecule has 0 saturated heterocycles. The van der Waals surface area contributed by atoms with E-state index < -0.39 is 71.1 Å². The van der Waals surface area contributed by atoms with Gasteiger partial charge in [-0.3, -0.25) is 4.79 Å². The predicted octanol–water partition coefficient (Wildman–Crippen LogP) is 7.97. The van der Waals surface area contributed by atoms with Crippen LogP contribution in [-0.2, 0) is 22.7 Å². The van der Waals surface area contributed by atoms with Crippen LogP contribution in [0.25, 0.3) is 0 Å². The molecule has 0 aromatic heterocycles. The summed E-state index contributed by atoms with van der Waals surface area (Å²) in [4.78, 5) is 25.4. The van der Waals surface area contributed by atoms with E-state index in [9.17, 15) is 44.7 Å². The zero-order chi connectivity index (χ0) is 34.6. The van der Waals surface area contributed by atoms with Crippen LogP contribution in [0.4, 0.5) is 39.5 Å². The smallest absolute Gasteiger partial charge is 0.461 e. The second-order valence-electron chi connectivity index (χ2n) is 10.3. The van der Waals surface area contributed by atoms with Crippen LogP contribution in [0.5, 0.6) is 5.75 Å². The molecule has 14 heteroatoms. The highest BCUT2D eigenvalue weighted by Gasteiger charge is 2.45. The number of hydrogen-bond acceptors (Lipinski definition) is 4. The van der Waals surface area contributed by atoms with Crippen LogP contribution >= 0.6 is 0 Å². The lowest BCUT2D eigenvalue weighted by Gasteiger charge is -2.36. The van der Waals surface area contributed by atoms with Crippen molar-refractivity contribution in [3.63, 3.8) is 0 Å². The Morgan fingerprint density at radius 2 is 1.43 bits per heavy atom. The largest absolute Gasteiger partial charge is 0.465 e. The Kier molecular flexibility index (Phi) is 10.2. The van der Waals surface area contributed by atoms with Crippen molar-refractivity contribution in [3.05, 3.63) is 136 Å². The summed E-state index contributed by atoms with van der Waals surface area (Å²) in [6, 6.07) is 17.4. The van der Waals surface area contributed by atoms with Crippen molar-refractivity contribution in [2.24, 2.45) is 0 Å². The van der Waals surface area contributed by atoms with E-state index in [1.165, 1.54) is 24.3 Å². The molecule has 0 aliphatic heterocycles. The van der Waals surface area contributed by atoms with Gasteiger partial charge in [-0.15, -0.1) is 0 Å². The van der Waals surface area contributed by atoms with Crippen molar-refractivity contribution in [1.29, 1.82) is 0 Å². The quantitative estimate of drug-likeness (QED) is 0.130. The van der Waals surface area contributed by atoms with Gasteiger partial charge in [0.25, 0.3) is 5.91 Å². The first-order valence-corrected chi connectivity index (χ1v) is 13.6. The minimum Gasteiger partial charge on any atom is -0.465 e. The number of halogens is 9. The summed E-state index contributed by atoms with van der Waals surface area (Å²) in [5.41, 5.74) is -3.33. The molecule has 0 aliphatic rings. The molecule has 248 valence electrons. The summed E-state index contributed by atoms with van der Waals surface area (Å²) in [6.45, 7) is -0.564. The topological polar surface area (TPSA) is 64.6 Å². The fraction of sp³-hybridized carbons (Fsp3) is 0.212. The number of alkyl halides is 7. The van der Waals surface area contributed by atoms with Crippen LogP contribution in [0.3, 0.4) is 0 Å². The van der Waals surface area contributed by atoms with Crippen molar-refractivity contribution < 1.29 is 58.6 Å². The molecule has 0 fully saturated rings. The monoisotopic (exact) mass is 669 g/mol. The number of ether oxygens (including phenoxy) is 2. The molecule has 5 nitrogen and oxygen atoms in total. The van der Waals surface area contributed by atoms with E-state index in [1.807, 2.05) is 0 Å². The third-order valence-corrected chi connectivity index (χ3v) is 7.22. The normalized spacial score (nSPS) is 13.2. The average Bonchev–Trinajstić information content (AvgIpc) is 3.02. The molecule has 0 radical (unpaired) electrons. The summed E-state index contributed by atoms with van der Waals surface area (Å²) < 4.78 is 132. The Bertz CT molecular complexity index is 1730. The van der Waals surface area contributed by atoms with Crippen molar-refractivity contribution in [2.75, 3.05) is 13.7 Å². The number of hydrogen-bond donors (Lipinski definition) is 1. The zero-order valence-corrected chi connectivity index (χ0v) is 24.2. The van der Waals surface area contributed by atoms with E-state index in [-0.39, 0.29) is 23.1 Å². The van der Waals surface area contributed by atoms with Crippen LogP contribution in [0.2, 0.25) is 0 Å². The van der Waals surface area contributed by atoms with Gasteiger partial charge in [0.15, 0.2) is 0 Å². The molecule has 1 amide bonds. The van der Waals surface area contributed by atoms with Crippen LogP contribution in [-0.4, -0.2) is 38.1 Å². The molecule has 4 aromatic rings. The van der Waals surface area contributed by atoms with E-state index >= 15 is 4.39 Å². The molecule has 0 saturated carbocycles. The van der Waals surface area contributed by atoms with Crippen LogP contribution in [0, 0.1) is 11.6 Å². The van der Waals surface area contributed by atoms with Crippen LogP contribution in [0.15, 0.2) is 91.0 Å². The molecule has 4 rings (SSSR count). The SMILES string of the molecule is COC(=O)c1ccc([C@](CNC(=O)c2ccc(F)c(C(F)(F)F)c2)(Cc2ccccc2)c2cc(F)cc(OC(F)(F)C(F)F)c2)cc1.